The SMILES string of the molecule is CCCCCCOC(=O)CCCCCCCCCCCCCCCCC(=O)OCCCCCC. The van der Waals surface area contributed by atoms with Crippen molar-refractivity contribution in [2.45, 2.75) is 168 Å². The third kappa shape index (κ3) is 27.2. The van der Waals surface area contributed by atoms with Crippen LogP contribution in [0.1, 0.15) is 168 Å². The van der Waals surface area contributed by atoms with Crippen LogP contribution in [0.2, 0.25) is 0 Å². The van der Waals surface area contributed by atoms with Gasteiger partial charge < -0.3 is 9.47 Å². The minimum Gasteiger partial charge on any atom is -0.466 e. The number of ether oxygens (including phenoxy) is 2. The number of unbranched alkanes of at least 4 members (excludes halogenated alkanes) is 19. The molecule has 0 amide bonds. The molecule has 34 heavy (non-hydrogen) atoms. The van der Waals surface area contributed by atoms with Crippen molar-refractivity contribution in [3.63, 3.8) is 0 Å². The van der Waals surface area contributed by atoms with Gasteiger partial charge >= 0.3 is 11.9 Å². The summed E-state index contributed by atoms with van der Waals surface area (Å²) in [6, 6.07) is 0. The molecular formula is C30H58O4. The molecule has 0 saturated carbocycles. The molecule has 0 atom stereocenters. The minimum atomic E-state index is -0.00725. The normalized spacial score (nSPS) is 11.0. The van der Waals surface area contributed by atoms with E-state index in [4.69, 9.17) is 9.47 Å². The van der Waals surface area contributed by atoms with Crippen molar-refractivity contribution in [1.29, 1.82) is 0 Å². The lowest BCUT2D eigenvalue weighted by molar-refractivity contribution is -0.144. The maximum absolute atomic E-state index is 11.7. The van der Waals surface area contributed by atoms with Crippen molar-refractivity contribution in [2.24, 2.45) is 0 Å². The number of carbonyl (C=O) groups is 2. The molecule has 0 aromatic carbocycles. The van der Waals surface area contributed by atoms with Gasteiger partial charge in [0.05, 0.1) is 13.2 Å². The van der Waals surface area contributed by atoms with Gasteiger partial charge in [-0.05, 0) is 25.7 Å². The summed E-state index contributed by atoms with van der Waals surface area (Å²) < 4.78 is 10.6. The molecule has 0 aliphatic rings. The van der Waals surface area contributed by atoms with Crippen LogP contribution in [0.3, 0.4) is 0 Å². The van der Waals surface area contributed by atoms with E-state index in [1.165, 1.54) is 103 Å². The van der Waals surface area contributed by atoms with Gasteiger partial charge in [0.1, 0.15) is 0 Å². The fourth-order valence-corrected chi connectivity index (χ4v) is 4.23. The molecule has 0 unspecified atom stereocenters. The summed E-state index contributed by atoms with van der Waals surface area (Å²) in [7, 11) is 0. The molecule has 4 nitrogen and oxygen atoms in total. The second-order valence-electron chi connectivity index (χ2n) is 10.0. The Morgan fingerprint density at radius 2 is 0.647 bits per heavy atom. The van der Waals surface area contributed by atoms with E-state index in [0.717, 1.165) is 38.5 Å². The highest BCUT2D eigenvalue weighted by atomic mass is 16.5. The topological polar surface area (TPSA) is 52.6 Å². The zero-order valence-electron chi connectivity index (χ0n) is 23.0. The first-order valence-corrected chi connectivity index (χ1v) is 15.0. The number of hydrogen-bond donors (Lipinski definition) is 0. The summed E-state index contributed by atoms with van der Waals surface area (Å²) in [6.07, 6.45) is 27.9. The van der Waals surface area contributed by atoms with E-state index < -0.39 is 0 Å². The first kappa shape index (κ1) is 32.9. The summed E-state index contributed by atoms with van der Waals surface area (Å²) >= 11 is 0. The zero-order valence-corrected chi connectivity index (χ0v) is 23.0. The largest absolute Gasteiger partial charge is 0.466 e. The molecule has 0 aromatic heterocycles. The van der Waals surface area contributed by atoms with Crippen LogP contribution < -0.4 is 0 Å². The smallest absolute Gasteiger partial charge is 0.305 e. The molecule has 0 saturated heterocycles. The molecule has 0 aliphatic carbocycles. The quantitative estimate of drug-likeness (QED) is 0.0864. The average molecular weight is 483 g/mol. The summed E-state index contributed by atoms with van der Waals surface area (Å²) in [5.74, 6) is -0.0145. The van der Waals surface area contributed by atoms with E-state index in [-0.39, 0.29) is 11.9 Å². The molecule has 202 valence electrons. The highest BCUT2D eigenvalue weighted by Gasteiger charge is 2.03. The highest BCUT2D eigenvalue weighted by molar-refractivity contribution is 5.69. The Morgan fingerprint density at radius 3 is 0.941 bits per heavy atom. The Morgan fingerprint density at radius 1 is 0.382 bits per heavy atom. The molecule has 0 N–H and O–H groups in total. The second kappa shape index (κ2) is 28.2. The fourth-order valence-electron chi connectivity index (χ4n) is 4.23. The van der Waals surface area contributed by atoms with E-state index in [9.17, 15) is 9.59 Å². The molecule has 0 radical (unpaired) electrons. The maximum atomic E-state index is 11.7. The van der Waals surface area contributed by atoms with E-state index in [1.807, 2.05) is 0 Å². The van der Waals surface area contributed by atoms with Crippen LogP contribution in [0, 0.1) is 0 Å². The number of rotatable bonds is 27. The summed E-state index contributed by atoms with van der Waals surface area (Å²) in [5.41, 5.74) is 0. The minimum absolute atomic E-state index is 0.00725. The molecule has 0 fully saturated rings. The molecule has 0 rings (SSSR count). The summed E-state index contributed by atoms with van der Waals surface area (Å²) in [4.78, 5) is 23.3. The molecule has 0 bridgehead atoms. The average Bonchev–Trinajstić information content (AvgIpc) is 2.83. The summed E-state index contributed by atoms with van der Waals surface area (Å²) in [5, 5.41) is 0. The number of esters is 2. The van der Waals surface area contributed by atoms with Crippen LogP contribution in [0.25, 0.3) is 0 Å². The van der Waals surface area contributed by atoms with Crippen LogP contribution in [-0.2, 0) is 19.1 Å². The van der Waals surface area contributed by atoms with E-state index >= 15 is 0 Å². The predicted octanol–water partition coefficient (Wildman–Crippen LogP) is 9.48. The van der Waals surface area contributed by atoms with Crippen molar-refractivity contribution in [1.82, 2.24) is 0 Å². The summed E-state index contributed by atoms with van der Waals surface area (Å²) in [6.45, 7) is 5.59. The predicted molar refractivity (Wildman–Crippen MR) is 144 cm³/mol. The lowest BCUT2D eigenvalue weighted by atomic mass is 10.0. The van der Waals surface area contributed by atoms with Gasteiger partial charge in [-0.1, -0.05) is 129 Å². The Kier molecular flexibility index (Phi) is 27.3. The molecule has 0 heterocycles. The van der Waals surface area contributed by atoms with Gasteiger partial charge in [0.25, 0.3) is 0 Å². The van der Waals surface area contributed by atoms with Gasteiger partial charge in [0, 0.05) is 12.8 Å². The van der Waals surface area contributed by atoms with Crippen molar-refractivity contribution in [3.05, 3.63) is 0 Å². The van der Waals surface area contributed by atoms with Crippen LogP contribution in [-0.4, -0.2) is 25.2 Å². The molecule has 0 aromatic rings. The van der Waals surface area contributed by atoms with Gasteiger partial charge in [-0.25, -0.2) is 0 Å². The van der Waals surface area contributed by atoms with Crippen LogP contribution in [0.5, 0.6) is 0 Å². The third-order valence-electron chi connectivity index (χ3n) is 6.53. The molecular weight excluding hydrogens is 424 g/mol. The third-order valence-corrected chi connectivity index (χ3v) is 6.53. The van der Waals surface area contributed by atoms with Gasteiger partial charge in [0.2, 0.25) is 0 Å². The first-order valence-electron chi connectivity index (χ1n) is 15.0. The monoisotopic (exact) mass is 482 g/mol. The van der Waals surface area contributed by atoms with E-state index in [2.05, 4.69) is 13.8 Å². The lowest BCUT2D eigenvalue weighted by Crippen LogP contribution is -2.05. The van der Waals surface area contributed by atoms with E-state index in [1.54, 1.807) is 0 Å². The van der Waals surface area contributed by atoms with Crippen LogP contribution in [0.4, 0.5) is 0 Å². The number of carbonyl (C=O) groups excluding carboxylic acids is 2. The Balaban J connectivity index is 3.17. The van der Waals surface area contributed by atoms with Crippen LogP contribution in [0.15, 0.2) is 0 Å². The number of hydrogen-bond acceptors (Lipinski definition) is 4. The van der Waals surface area contributed by atoms with Gasteiger partial charge in [-0.15, -0.1) is 0 Å². The first-order chi connectivity index (χ1) is 16.7. The van der Waals surface area contributed by atoms with Gasteiger partial charge in [-0.3, -0.25) is 9.59 Å². The molecule has 0 aliphatic heterocycles. The Bertz CT molecular complexity index is 396. The van der Waals surface area contributed by atoms with Crippen molar-refractivity contribution < 1.29 is 19.1 Å². The Labute approximate surface area is 212 Å². The van der Waals surface area contributed by atoms with Crippen molar-refractivity contribution in [3.8, 4) is 0 Å². The maximum Gasteiger partial charge on any atom is 0.305 e. The highest BCUT2D eigenvalue weighted by Crippen LogP contribution is 2.14. The molecule has 0 spiro atoms. The van der Waals surface area contributed by atoms with Gasteiger partial charge in [0.15, 0.2) is 0 Å². The fraction of sp³-hybridized carbons (Fsp3) is 0.933. The van der Waals surface area contributed by atoms with E-state index in [0.29, 0.717) is 26.1 Å². The molecule has 4 heteroatoms. The van der Waals surface area contributed by atoms with Crippen molar-refractivity contribution in [2.75, 3.05) is 13.2 Å². The van der Waals surface area contributed by atoms with Crippen LogP contribution >= 0.6 is 0 Å². The Hall–Kier alpha value is -1.06. The lowest BCUT2D eigenvalue weighted by Gasteiger charge is -2.05. The standard InChI is InChI=1S/C30H58O4/c1-3-5-7-23-27-33-29(31)25-21-19-17-15-13-11-9-10-12-14-16-18-20-22-26-30(32)34-28-24-8-6-4-2/h3-28H2,1-2H3. The second-order valence-corrected chi connectivity index (χ2v) is 10.0. The van der Waals surface area contributed by atoms with Gasteiger partial charge in [-0.2, -0.15) is 0 Å². The van der Waals surface area contributed by atoms with Crippen molar-refractivity contribution >= 4 is 11.9 Å². The zero-order chi connectivity index (χ0) is 25.0.